The first kappa shape index (κ1) is 16.1. The second kappa shape index (κ2) is 7.14. The minimum Gasteiger partial charge on any atom is -0.396 e. The summed E-state index contributed by atoms with van der Waals surface area (Å²) in [6, 6.07) is 7.72. The van der Waals surface area contributed by atoms with Crippen molar-refractivity contribution in [2.45, 2.75) is 44.1 Å². The lowest BCUT2D eigenvalue weighted by atomic mass is 9.96. The SMILES string of the molecule is CCC(CCO)NC(=O)NCC1(c2cccc(Cl)c2)CC1. The predicted molar refractivity (Wildman–Crippen MR) is 84.7 cm³/mol. The summed E-state index contributed by atoms with van der Waals surface area (Å²) in [5.41, 5.74) is 1.23. The third kappa shape index (κ3) is 4.35. The number of carbonyl (C=O) groups is 1. The maximum Gasteiger partial charge on any atom is 0.315 e. The van der Waals surface area contributed by atoms with Crippen LogP contribution in [-0.2, 0) is 5.41 Å². The van der Waals surface area contributed by atoms with E-state index >= 15 is 0 Å². The van der Waals surface area contributed by atoms with Crippen LogP contribution in [0.4, 0.5) is 4.79 Å². The maximum atomic E-state index is 11.9. The van der Waals surface area contributed by atoms with Gasteiger partial charge in [0.25, 0.3) is 0 Å². The van der Waals surface area contributed by atoms with E-state index in [2.05, 4.69) is 16.7 Å². The van der Waals surface area contributed by atoms with Crippen LogP contribution in [0.2, 0.25) is 5.02 Å². The molecule has 0 aliphatic heterocycles. The van der Waals surface area contributed by atoms with Gasteiger partial charge in [-0.15, -0.1) is 0 Å². The lowest BCUT2D eigenvalue weighted by Crippen LogP contribution is -2.44. The second-order valence-electron chi connectivity index (χ2n) is 5.74. The molecule has 4 nitrogen and oxygen atoms in total. The van der Waals surface area contributed by atoms with Gasteiger partial charge in [-0.3, -0.25) is 0 Å². The zero-order chi connectivity index (χ0) is 15.3. The van der Waals surface area contributed by atoms with Gasteiger partial charge >= 0.3 is 6.03 Å². The van der Waals surface area contributed by atoms with Gasteiger partial charge in [-0.2, -0.15) is 0 Å². The lowest BCUT2D eigenvalue weighted by Gasteiger charge is -2.20. The molecule has 0 heterocycles. The molecule has 1 aliphatic rings. The van der Waals surface area contributed by atoms with E-state index in [4.69, 9.17) is 16.7 Å². The van der Waals surface area contributed by atoms with Crippen molar-refractivity contribution >= 4 is 17.6 Å². The summed E-state index contributed by atoms with van der Waals surface area (Å²) in [4.78, 5) is 11.9. The van der Waals surface area contributed by atoms with Gasteiger partial charge in [-0.05, 0) is 43.4 Å². The Labute approximate surface area is 130 Å². The van der Waals surface area contributed by atoms with Crippen LogP contribution in [0.25, 0.3) is 0 Å². The number of benzene rings is 1. The third-order valence-electron chi connectivity index (χ3n) is 4.18. The molecule has 1 unspecified atom stereocenters. The molecule has 1 fully saturated rings. The van der Waals surface area contributed by atoms with Crippen molar-refractivity contribution in [1.82, 2.24) is 10.6 Å². The van der Waals surface area contributed by atoms with Gasteiger partial charge < -0.3 is 15.7 Å². The Bertz CT molecular complexity index is 489. The Morgan fingerprint density at radius 3 is 2.81 bits per heavy atom. The number of aliphatic hydroxyl groups excluding tert-OH is 1. The molecule has 2 amide bonds. The smallest absolute Gasteiger partial charge is 0.315 e. The summed E-state index contributed by atoms with van der Waals surface area (Å²) in [5.74, 6) is 0. The zero-order valence-corrected chi connectivity index (χ0v) is 13.1. The fourth-order valence-corrected chi connectivity index (χ4v) is 2.75. The van der Waals surface area contributed by atoms with E-state index in [1.54, 1.807) is 0 Å². The van der Waals surface area contributed by atoms with Crippen LogP contribution in [0.15, 0.2) is 24.3 Å². The van der Waals surface area contributed by atoms with Gasteiger partial charge in [-0.1, -0.05) is 30.7 Å². The van der Waals surface area contributed by atoms with Gasteiger partial charge in [-0.25, -0.2) is 4.79 Å². The standard InChI is InChI=1S/C16H23ClN2O2/c1-2-14(6-9-20)19-15(21)18-11-16(7-8-16)12-4-3-5-13(17)10-12/h3-5,10,14,20H,2,6-9,11H2,1H3,(H2,18,19,21). The topological polar surface area (TPSA) is 61.4 Å². The molecule has 1 aliphatic carbocycles. The molecular formula is C16H23ClN2O2. The van der Waals surface area contributed by atoms with E-state index in [9.17, 15) is 4.79 Å². The van der Waals surface area contributed by atoms with Gasteiger partial charge in [0.1, 0.15) is 0 Å². The number of carbonyl (C=O) groups excluding carboxylic acids is 1. The molecule has 0 radical (unpaired) electrons. The number of rotatable bonds is 7. The lowest BCUT2D eigenvalue weighted by molar-refractivity contribution is 0.227. The highest BCUT2D eigenvalue weighted by Crippen LogP contribution is 2.48. The number of aliphatic hydroxyl groups is 1. The van der Waals surface area contributed by atoms with Crippen molar-refractivity contribution in [2.75, 3.05) is 13.2 Å². The van der Waals surface area contributed by atoms with E-state index in [1.807, 2.05) is 25.1 Å². The fraction of sp³-hybridized carbons (Fsp3) is 0.562. The van der Waals surface area contributed by atoms with Crippen molar-refractivity contribution in [3.05, 3.63) is 34.9 Å². The van der Waals surface area contributed by atoms with Crippen LogP contribution in [0.1, 0.15) is 38.2 Å². The molecule has 0 saturated heterocycles. The Balaban J connectivity index is 1.86. The van der Waals surface area contributed by atoms with Crippen molar-refractivity contribution in [3.8, 4) is 0 Å². The number of hydrogen-bond donors (Lipinski definition) is 3. The number of halogens is 1. The highest BCUT2D eigenvalue weighted by Gasteiger charge is 2.44. The van der Waals surface area contributed by atoms with E-state index in [0.29, 0.717) is 13.0 Å². The van der Waals surface area contributed by atoms with E-state index in [-0.39, 0.29) is 24.1 Å². The summed E-state index contributed by atoms with van der Waals surface area (Å²) in [7, 11) is 0. The monoisotopic (exact) mass is 310 g/mol. The molecule has 0 bridgehead atoms. The summed E-state index contributed by atoms with van der Waals surface area (Å²) in [6.45, 7) is 2.70. The molecule has 3 N–H and O–H groups in total. The summed E-state index contributed by atoms with van der Waals surface area (Å²) < 4.78 is 0. The summed E-state index contributed by atoms with van der Waals surface area (Å²) in [5, 5.41) is 15.5. The fourth-order valence-electron chi connectivity index (χ4n) is 2.56. The molecule has 5 heteroatoms. The van der Waals surface area contributed by atoms with Crippen molar-refractivity contribution < 1.29 is 9.90 Å². The molecule has 1 atom stereocenters. The number of urea groups is 1. The van der Waals surface area contributed by atoms with Crippen LogP contribution in [-0.4, -0.2) is 30.3 Å². The van der Waals surface area contributed by atoms with Gasteiger partial charge in [0.15, 0.2) is 0 Å². The Morgan fingerprint density at radius 1 is 1.48 bits per heavy atom. The second-order valence-corrected chi connectivity index (χ2v) is 6.17. The molecule has 0 aromatic heterocycles. The molecule has 0 spiro atoms. The summed E-state index contributed by atoms with van der Waals surface area (Å²) in [6.07, 6.45) is 3.54. The summed E-state index contributed by atoms with van der Waals surface area (Å²) >= 11 is 6.04. The maximum absolute atomic E-state index is 11.9. The molecule has 1 aromatic carbocycles. The molecule has 1 aromatic rings. The van der Waals surface area contributed by atoms with Crippen LogP contribution in [0.5, 0.6) is 0 Å². The Kier molecular flexibility index (Phi) is 5.48. The highest BCUT2D eigenvalue weighted by molar-refractivity contribution is 6.30. The van der Waals surface area contributed by atoms with Crippen LogP contribution in [0.3, 0.4) is 0 Å². The van der Waals surface area contributed by atoms with Crippen LogP contribution >= 0.6 is 11.6 Å². The average Bonchev–Trinajstić information content (AvgIpc) is 3.26. The van der Waals surface area contributed by atoms with E-state index < -0.39 is 0 Å². The minimum atomic E-state index is -0.163. The first-order valence-corrected chi connectivity index (χ1v) is 7.89. The van der Waals surface area contributed by atoms with Crippen molar-refractivity contribution in [1.29, 1.82) is 0 Å². The number of hydrogen-bond acceptors (Lipinski definition) is 2. The van der Waals surface area contributed by atoms with Crippen LogP contribution in [0, 0.1) is 0 Å². The Hall–Kier alpha value is -1.26. The zero-order valence-electron chi connectivity index (χ0n) is 12.4. The van der Waals surface area contributed by atoms with Crippen molar-refractivity contribution in [2.24, 2.45) is 0 Å². The molecule has 116 valence electrons. The first-order valence-electron chi connectivity index (χ1n) is 7.51. The normalized spacial score (nSPS) is 17.1. The third-order valence-corrected chi connectivity index (χ3v) is 4.42. The molecular weight excluding hydrogens is 288 g/mol. The van der Waals surface area contributed by atoms with E-state index in [1.165, 1.54) is 5.56 Å². The predicted octanol–water partition coefficient (Wildman–Crippen LogP) is 2.83. The molecule has 2 rings (SSSR count). The molecule has 1 saturated carbocycles. The Morgan fingerprint density at radius 2 is 2.24 bits per heavy atom. The first-order chi connectivity index (χ1) is 10.1. The molecule has 21 heavy (non-hydrogen) atoms. The van der Waals surface area contributed by atoms with Gasteiger partial charge in [0.05, 0.1) is 0 Å². The quantitative estimate of drug-likeness (QED) is 0.725. The van der Waals surface area contributed by atoms with E-state index in [0.717, 1.165) is 24.3 Å². The average molecular weight is 311 g/mol. The number of nitrogens with one attached hydrogen (secondary N) is 2. The minimum absolute atomic E-state index is 0.0244. The number of amides is 2. The van der Waals surface area contributed by atoms with Gasteiger partial charge in [0, 0.05) is 29.6 Å². The van der Waals surface area contributed by atoms with Gasteiger partial charge in [0.2, 0.25) is 0 Å². The van der Waals surface area contributed by atoms with Crippen LogP contribution < -0.4 is 10.6 Å². The highest BCUT2D eigenvalue weighted by atomic mass is 35.5. The largest absolute Gasteiger partial charge is 0.396 e. The van der Waals surface area contributed by atoms with Crippen molar-refractivity contribution in [3.63, 3.8) is 0 Å².